The van der Waals surface area contributed by atoms with Crippen molar-refractivity contribution in [2.45, 2.75) is 13.8 Å². The Morgan fingerprint density at radius 1 is 0.840 bits per heavy atom. The summed E-state index contributed by atoms with van der Waals surface area (Å²) < 4.78 is 5.41. The van der Waals surface area contributed by atoms with E-state index in [1.165, 1.54) is 0 Å². The summed E-state index contributed by atoms with van der Waals surface area (Å²) in [6.45, 7) is 4.00. The van der Waals surface area contributed by atoms with Crippen LogP contribution in [0.3, 0.4) is 0 Å². The van der Waals surface area contributed by atoms with Gasteiger partial charge in [0.2, 0.25) is 5.91 Å². The Kier molecular flexibility index (Phi) is 4.28. The van der Waals surface area contributed by atoms with Crippen LogP contribution in [0.4, 0.5) is 0 Å². The molecule has 0 atom stereocenters. The van der Waals surface area contributed by atoms with E-state index in [4.69, 9.17) is 10.5 Å². The summed E-state index contributed by atoms with van der Waals surface area (Å²) in [6.07, 6.45) is 0. The number of fused-ring (bicyclic) bond motifs is 1. The van der Waals surface area contributed by atoms with Gasteiger partial charge in [0, 0.05) is 16.7 Å². The molecule has 0 heterocycles. The third-order valence-corrected chi connectivity index (χ3v) is 4.48. The quantitative estimate of drug-likeness (QED) is 0.738. The minimum absolute atomic E-state index is 0.0919. The van der Waals surface area contributed by atoms with Crippen LogP contribution in [0.2, 0.25) is 0 Å². The van der Waals surface area contributed by atoms with Crippen molar-refractivity contribution in [3.63, 3.8) is 0 Å². The first-order valence-electron chi connectivity index (χ1n) is 7.95. The molecule has 0 fully saturated rings. The number of benzene rings is 3. The fourth-order valence-corrected chi connectivity index (χ4v) is 3.02. The number of carbonyl (C=O) groups excluding carboxylic acids is 2. The van der Waals surface area contributed by atoms with Crippen molar-refractivity contribution in [2.75, 3.05) is 7.11 Å². The average Bonchev–Trinajstić information content (AvgIpc) is 2.63. The maximum atomic E-state index is 12.7. The van der Waals surface area contributed by atoms with Crippen LogP contribution in [0, 0.1) is 13.8 Å². The van der Waals surface area contributed by atoms with Crippen LogP contribution in [0.15, 0.2) is 48.5 Å². The van der Waals surface area contributed by atoms with E-state index in [-0.39, 0.29) is 5.78 Å². The number of ketones is 1. The normalized spacial score (nSPS) is 10.7. The number of hydrogen-bond acceptors (Lipinski definition) is 3. The molecule has 0 aliphatic rings. The molecule has 1 amide bonds. The molecular formula is C21H19NO3. The molecule has 3 aromatic carbocycles. The van der Waals surface area contributed by atoms with Gasteiger partial charge in [-0.2, -0.15) is 0 Å². The lowest BCUT2D eigenvalue weighted by Crippen LogP contribution is -2.11. The number of amides is 1. The zero-order valence-electron chi connectivity index (χ0n) is 14.4. The SMILES string of the molecule is COc1cc(C)c2cc(C(=O)c3ccc(C(N)=O)cc3)ccc2c1C. The lowest BCUT2D eigenvalue weighted by Gasteiger charge is -2.12. The molecule has 0 radical (unpaired) electrons. The Morgan fingerprint density at radius 2 is 1.44 bits per heavy atom. The van der Waals surface area contributed by atoms with Crippen LogP contribution in [-0.2, 0) is 0 Å². The van der Waals surface area contributed by atoms with Crippen LogP contribution in [0.5, 0.6) is 5.75 Å². The molecule has 0 bridgehead atoms. The minimum Gasteiger partial charge on any atom is -0.496 e. The van der Waals surface area contributed by atoms with Crippen molar-refractivity contribution in [2.24, 2.45) is 5.73 Å². The number of aryl methyl sites for hydroxylation is 2. The van der Waals surface area contributed by atoms with Crippen LogP contribution in [0.1, 0.15) is 37.4 Å². The molecule has 0 aliphatic carbocycles. The van der Waals surface area contributed by atoms with E-state index in [9.17, 15) is 9.59 Å². The van der Waals surface area contributed by atoms with Crippen LogP contribution >= 0.6 is 0 Å². The molecule has 25 heavy (non-hydrogen) atoms. The predicted octanol–water partition coefficient (Wildman–Crippen LogP) is 3.80. The summed E-state index contributed by atoms with van der Waals surface area (Å²) in [6, 6.07) is 14.0. The Hall–Kier alpha value is -3.14. The van der Waals surface area contributed by atoms with E-state index in [0.29, 0.717) is 16.7 Å². The zero-order chi connectivity index (χ0) is 18.1. The molecule has 0 saturated heterocycles. The van der Waals surface area contributed by atoms with Crippen LogP contribution < -0.4 is 10.5 Å². The van der Waals surface area contributed by atoms with Crippen molar-refractivity contribution in [3.05, 3.63) is 76.3 Å². The highest BCUT2D eigenvalue weighted by molar-refractivity contribution is 6.11. The second kappa shape index (κ2) is 6.40. The second-order valence-electron chi connectivity index (χ2n) is 6.05. The number of hydrogen-bond donors (Lipinski definition) is 1. The molecule has 0 aromatic heterocycles. The summed E-state index contributed by atoms with van der Waals surface area (Å²) >= 11 is 0. The average molecular weight is 333 g/mol. The maximum absolute atomic E-state index is 12.7. The van der Waals surface area contributed by atoms with Crippen molar-refractivity contribution in [1.82, 2.24) is 0 Å². The molecule has 126 valence electrons. The highest BCUT2D eigenvalue weighted by atomic mass is 16.5. The number of methoxy groups -OCH3 is 1. The van der Waals surface area contributed by atoms with E-state index in [1.54, 1.807) is 31.4 Å². The molecule has 0 spiro atoms. The summed E-state index contributed by atoms with van der Waals surface area (Å²) in [7, 11) is 1.65. The Bertz CT molecular complexity index is 988. The smallest absolute Gasteiger partial charge is 0.248 e. The molecule has 4 heteroatoms. The topological polar surface area (TPSA) is 69.4 Å². The van der Waals surface area contributed by atoms with Crippen molar-refractivity contribution >= 4 is 22.5 Å². The highest BCUT2D eigenvalue weighted by Crippen LogP contribution is 2.31. The lowest BCUT2D eigenvalue weighted by molar-refractivity contribution is 0.0997. The first-order valence-corrected chi connectivity index (χ1v) is 7.95. The van der Waals surface area contributed by atoms with Gasteiger partial charge in [0.05, 0.1) is 7.11 Å². The summed E-state index contributed by atoms with van der Waals surface area (Å²) in [5.74, 6) is 0.238. The van der Waals surface area contributed by atoms with Gasteiger partial charge in [0.25, 0.3) is 0 Å². The second-order valence-corrected chi connectivity index (χ2v) is 6.05. The van der Waals surface area contributed by atoms with Gasteiger partial charge >= 0.3 is 0 Å². The first kappa shape index (κ1) is 16.7. The van der Waals surface area contributed by atoms with Crippen molar-refractivity contribution < 1.29 is 14.3 Å². The molecule has 4 nitrogen and oxygen atoms in total. The van der Waals surface area contributed by atoms with Gasteiger partial charge in [-0.15, -0.1) is 0 Å². The molecule has 2 N–H and O–H groups in total. The van der Waals surface area contributed by atoms with E-state index in [2.05, 4.69) is 0 Å². The Labute approximate surface area is 146 Å². The van der Waals surface area contributed by atoms with Gasteiger partial charge in [0.15, 0.2) is 5.78 Å². The summed E-state index contributed by atoms with van der Waals surface area (Å²) in [5, 5.41) is 2.09. The third-order valence-electron chi connectivity index (χ3n) is 4.48. The zero-order valence-corrected chi connectivity index (χ0v) is 14.4. The standard InChI is InChI=1S/C21H19NO3/c1-12-10-19(25-3)13(2)17-9-8-16(11-18(12)17)20(23)14-4-6-15(7-5-14)21(22)24/h4-11H,1-3H3,(H2,22,24). The number of rotatable bonds is 4. The van der Waals surface area contributed by atoms with E-state index in [1.807, 2.05) is 38.1 Å². The van der Waals surface area contributed by atoms with Gasteiger partial charge < -0.3 is 10.5 Å². The molecular weight excluding hydrogens is 314 g/mol. The van der Waals surface area contributed by atoms with Gasteiger partial charge in [-0.3, -0.25) is 9.59 Å². The number of nitrogens with two attached hydrogens (primary N) is 1. The minimum atomic E-state index is -0.509. The van der Waals surface area contributed by atoms with Gasteiger partial charge in [-0.1, -0.05) is 24.3 Å². The number of carbonyl (C=O) groups is 2. The number of ether oxygens (including phenoxy) is 1. The molecule has 0 aliphatic heterocycles. The third kappa shape index (κ3) is 2.98. The van der Waals surface area contributed by atoms with Crippen LogP contribution in [0.25, 0.3) is 10.8 Å². The monoisotopic (exact) mass is 333 g/mol. The molecule has 0 unspecified atom stereocenters. The molecule has 3 aromatic rings. The number of primary amides is 1. The largest absolute Gasteiger partial charge is 0.496 e. The fourth-order valence-electron chi connectivity index (χ4n) is 3.02. The van der Waals surface area contributed by atoms with Gasteiger partial charge in [-0.25, -0.2) is 0 Å². The Morgan fingerprint density at radius 3 is 2.04 bits per heavy atom. The Balaban J connectivity index is 2.05. The molecule has 0 saturated carbocycles. The predicted molar refractivity (Wildman–Crippen MR) is 98.4 cm³/mol. The van der Waals surface area contributed by atoms with Gasteiger partial charge in [-0.05, 0) is 60.0 Å². The van der Waals surface area contributed by atoms with E-state index in [0.717, 1.165) is 27.6 Å². The summed E-state index contributed by atoms with van der Waals surface area (Å²) in [5.41, 5.74) is 8.84. The van der Waals surface area contributed by atoms with Gasteiger partial charge in [0.1, 0.15) is 5.75 Å². The highest BCUT2D eigenvalue weighted by Gasteiger charge is 2.13. The van der Waals surface area contributed by atoms with Crippen molar-refractivity contribution in [3.8, 4) is 5.75 Å². The molecule has 3 rings (SSSR count). The van der Waals surface area contributed by atoms with E-state index < -0.39 is 5.91 Å². The fraction of sp³-hybridized carbons (Fsp3) is 0.143. The summed E-state index contributed by atoms with van der Waals surface area (Å²) in [4.78, 5) is 23.9. The first-order chi connectivity index (χ1) is 11.9. The lowest BCUT2D eigenvalue weighted by atomic mass is 9.95. The van der Waals surface area contributed by atoms with E-state index >= 15 is 0 Å². The van der Waals surface area contributed by atoms with Crippen LogP contribution in [-0.4, -0.2) is 18.8 Å². The maximum Gasteiger partial charge on any atom is 0.248 e. The van der Waals surface area contributed by atoms with Crippen molar-refractivity contribution in [1.29, 1.82) is 0 Å².